The van der Waals surface area contributed by atoms with Gasteiger partial charge in [0.1, 0.15) is 0 Å². The Kier molecular flexibility index (Phi) is 4.67. The molecule has 2 aromatic carbocycles. The highest BCUT2D eigenvalue weighted by atomic mass is 32.2. The summed E-state index contributed by atoms with van der Waals surface area (Å²) in [5, 5.41) is 2.59. The molecule has 0 aliphatic carbocycles. The monoisotopic (exact) mass is 384 g/mol. The van der Waals surface area contributed by atoms with Crippen LogP contribution < -0.4 is 5.32 Å². The molecule has 0 radical (unpaired) electrons. The number of amides is 3. The van der Waals surface area contributed by atoms with Gasteiger partial charge in [0.25, 0.3) is 17.7 Å². The summed E-state index contributed by atoms with van der Waals surface area (Å²) in [6.45, 7) is 3.61. The number of nitrogens with one attached hydrogen (secondary N) is 1. The molecule has 0 spiro atoms. The van der Waals surface area contributed by atoms with E-state index in [4.69, 9.17) is 0 Å². The van der Waals surface area contributed by atoms with Gasteiger partial charge in [0.05, 0.1) is 16.0 Å². The first-order chi connectivity index (χ1) is 12.7. The van der Waals surface area contributed by atoms with Crippen molar-refractivity contribution >= 4 is 33.2 Å². The summed E-state index contributed by atoms with van der Waals surface area (Å²) in [5.74, 6) is -1.43. The van der Waals surface area contributed by atoms with Gasteiger partial charge in [-0.2, -0.15) is 0 Å². The minimum Gasteiger partial charge on any atom is -0.322 e. The van der Waals surface area contributed by atoms with Gasteiger partial charge >= 0.3 is 0 Å². The fraction of sp³-hybridized carbons (Fsp3) is 0.105. The van der Waals surface area contributed by atoms with Crippen LogP contribution in [0, 0.1) is 0 Å². The van der Waals surface area contributed by atoms with Gasteiger partial charge in [-0.1, -0.05) is 12.1 Å². The highest BCUT2D eigenvalue weighted by molar-refractivity contribution is 7.90. The minimum atomic E-state index is -3.41. The van der Waals surface area contributed by atoms with E-state index in [1.165, 1.54) is 42.5 Å². The van der Waals surface area contributed by atoms with Crippen LogP contribution in [0.5, 0.6) is 0 Å². The first-order valence-electron chi connectivity index (χ1n) is 7.95. The molecule has 3 rings (SSSR count). The molecule has 1 heterocycles. The third kappa shape index (κ3) is 3.52. The number of benzene rings is 2. The molecule has 138 valence electrons. The zero-order valence-corrected chi connectivity index (χ0v) is 15.2. The minimum absolute atomic E-state index is 0.0788. The lowest BCUT2D eigenvalue weighted by Crippen LogP contribution is -2.29. The maximum atomic E-state index is 12.5. The van der Waals surface area contributed by atoms with Crippen LogP contribution in [0.2, 0.25) is 0 Å². The molecule has 8 heteroatoms. The number of carbonyl (C=O) groups excluding carboxylic acids is 3. The van der Waals surface area contributed by atoms with E-state index in [1.54, 1.807) is 6.07 Å². The van der Waals surface area contributed by atoms with Crippen LogP contribution in [0.4, 0.5) is 5.69 Å². The zero-order chi connectivity index (χ0) is 19.8. The molecule has 0 bridgehead atoms. The molecule has 0 aromatic heterocycles. The summed E-state index contributed by atoms with van der Waals surface area (Å²) in [4.78, 5) is 38.2. The summed E-state index contributed by atoms with van der Waals surface area (Å²) in [6.07, 6.45) is 2.52. The number of anilines is 1. The average Bonchev–Trinajstić information content (AvgIpc) is 2.86. The van der Waals surface area contributed by atoms with E-state index in [0.29, 0.717) is 5.69 Å². The topological polar surface area (TPSA) is 101 Å². The van der Waals surface area contributed by atoms with Crippen LogP contribution >= 0.6 is 0 Å². The van der Waals surface area contributed by atoms with Crippen LogP contribution in [-0.4, -0.2) is 43.8 Å². The largest absolute Gasteiger partial charge is 0.322 e. The predicted molar refractivity (Wildman–Crippen MR) is 99.5 cm³/mol. The number of carbonyl (C=O) groups is 3. The van der Waals surface area contributed by atoms with E-state index in [9.17, 15) is 22.8 Å². The van der Waals surface area contributed by atoms with Crippen molar-refractivity contribution in [3.63, 3.8) is 0 Å². The molecule has 3 amide bonds. The number of nitrogens with zero attached hydrogens (tertiary/aromatic N) is 1. The molecule has 1 aliphatic rings. The molecule has 1 N–H and O–H groups in total. The summed E-state index contributed by atoms with van der Waals surface area (Å²) in [6, 6.07) is 10.1. The average molecular weight is 384 g/mol. The zero-order valence-electron chi connectivity index (χ0n) is 14.4. The molecule has 0 fully saturated rings. The lowest BCUT2D eigenvalue weighted by Gasteiger charge is -2.09. The third-order valence-corrected chi connectivity index (χ3v) is 5.17. The van der Waals surface area contributed by atoms with Gasteiger partial charge in [-0.05, 0) is 36.4 Å². The van der Waals surface area contributed by atoms with Gasteiger partial charge in [-0.3, -0.25) is 19.3 Å². The van der Waals surface area contributed by atoms with Crippen LogP contribution in [0.1, 0.15) is 31.1 Å². The van der Waals surface area contributed by atoms with Gasteiger partial charge in [-0.15, -0.1) is 6.58 Å². The smallest absolute Gasteiger partial charge is 0.261 e. The Bertz CT molecular complexity index is 1090. The van der Waals surface area contributed by atoms with E-state index in [0.717, 1.165) is 11.2 Å². The predicted octanol–water partition coefficient (Wildman–Crippen LogP) is 2.12. The molecule has 0 saturated heterocycles. The Labute approximate surface area is 156 Å². The fourth-order valence-corrected chi connectivity index (χ4v) is 3.40. The second-order valence-corrected chi connectivity index (χ2v) is 8.04. The molecule has 0 saturated carbocycles. The first-order valence-corrected chi connectivity index (χ1v) is 9.84. The van der Waals surface area contributed by atoms with E-state index in [1.807, 2.05) is 0 Å². The fourth-order valence-electron chi connectivity index (χ4n) is 2.73. The molecule has 1 aliphatic heterocycles. The van der Waals surface area contributed by atoms with Crippen LogP contribution in [0.3, 0.4) is 0 Å². The molecule has 0 unspecified atom stereocenters. The number of imide groups is 1. The molecule has 0 atom stereocenters. The lowest BCUT2D eigenvalue weighted by molar-refractivity contribution is 0.0672. The van der Waals surface area contributed by atoms with Crippen molar-refractivity contribution in [2.45, 2.75) is 4.90 Å². The standard InChI is InChI=1S/C19H16N2O5S/c1-3-9-21-18(23)15-8-7-12(10-16(15)19(21)24)17(22)20-13-5-4-6-14(11-13)27(2,25)26/h3-8,10-11H,1,9H2,2H3,(H,20,22). The highest BCUT2D eigenvalue weighted by Crippen LogP contribution is 2.24. The Morgan fingerprint density at radius 3 is 2.48 bits per heavy atom. The first kappa shape index (κ1) is 18.5. The van der Waals surface area contributed by atoms with Gasteiger partial charge in [0, 0.05) is 24.1 Å². The Balaban J connectivity index is 1.87. The van der Waals surface area contributed by atoms with Gasteiger partial charge < -0.3 is 5.32 Å². The molecular weight excluding hydrogens is 368 g/mol. The van der Waals surface area contributed by atoms with Crippen molar-refractivity contribution in [1.29, 1.82) is 0 Å². The highest BCUT2D eigenvalue weighted by Gasteiger charge is 2.35. The van der Waals surface area contributed by atoms with Crippen molar-refractivity contribution in [2.24, 2.45) is 0 Å². The third-order valence-electron chi connectivity index (χ3n) is 4.06. The van der Waals surface area contributed by atoms with Crippen LogP contribution in [-0.2, 0) is 9.84 Å². The number of fused-ring (bicyclic) bond motifs is 1. The van der Waals surface area contributed by atoms with Crippen molar-refractivity contribution < 1.29 is 22.8 Å². The van der Waals surface area contributed by atoms with Crippen molar-refractivity contribution in [1.82, 2.24) is 4.90 Å². The molecule has 27 heavy (non-hydrogen) atoms. The van der Waals surface area contributed by atoms with Crippen LogP contribution in [0.15, 0.2) is 60.0 Å². The Hall–Kier alpha value is -3.26. The number of rotatable bonds is 5. The maximum absolute atomic E-state index is 12.5. The lowest BCUT2D eigenvalue weighted by atomic mass is 10.1. The number of hydrogen-bond acceptors (Lipinski definition) is 5. The second-order valence-electron chi connectivity index (χ2n) is 6.02. The van der Waals surface area contributed by atoms with Gasteiger partial charge in [-0.25, -0.2) is 8.42 Å². The summed E-state index contributed by atoms with van der Waals surface area (Å²) in [7, 11) is -3.41. The van der Waals surface area contributed by atoms with Crippen molar-refractivity contribution in [2.75, 3.05) is 18.1 Å². The summed E-state index contributed by atoms with van der Waals surface area (Å²) < 4.78 is 23.3. The van der Waals surface area contributed by atoms with Crippen molar-refractivity contribution in [3.05, 3.63) is 71.8 Å². The Morgan fingerprint density at radius 1 is 1.11 bits per heavy atom. The normalized spacial score (nSPS) is 13.4. The quantitative estimate of drug-likeness (QED) is 0.629. The van der Waals surface area contributed by atoms with E-state index >= 15 is 0 Å². The maximum Gasteiger partial charge on any atom is 0.261 e. The second kappa shape index (κ2) is 6.81. The molecule has 7 nitrogen and oxygen atoms in total. The summed E-state index contributed by atoms with van der Waals surface area (Å²) in [5.41, 5.74) is 0.871. The number of sulfone groups is 1. The number of hydrogen-bond donors (Lipinski definition) is 1. The SMILES string of the molecule is C=CCN1C(=O)c2ccc(C(=O)Nc3cccc(S(C)(=O)=O)c3)cc2C1=O. The van der Waals surface area contributed by atoms with E-state index < -0.39 is 27.6 Å². The Morgan fingerprint density at radius 2 is 1.81 bits per heavy atom. The summed E-state index contributed by atoms with van der Waals surface area (Å²) >= 11 is 0. The van der Waals surface area contributed by atoms with E-state index in [2.05, 4.69) is 11.9 Å². The van der Waals surface area contributed by atoms with Gasteiger partial charge in [0.2, 0.25) is 0 Å². The van der Waals surface area contributed by atoms with Crippen LogP contribution in [0.25, 0.3) is 0 Å². The van der Waals surface area contributed by atoms with E-state index in [-0.39, 0.29) is 28.1 Å². The van der Waals surface area contributed by atoms with Gasteiger partial charge in [0.15, 0.2) is 9.84 Å². The van der Waals surface area contributed by atoms with Crippen molar-refractivity contribution in [3.8, 4) is 0 Å². The molecular formula is C19H16N2O5S. The molecule has 2 aromatic rings.